The number of hydrogen-bond acceptors (Lipinski definition) is 7. The molecule has 0 spiro atoms. The van der Waals surface area contributed by atoms with Crippen LogP contribution in [0.1, 0.15) is 27.2 Å². The van der Waals surface area contributed by atoms with Crippen molar-refractivity contribution in [3.05, 3.63) is 36.7 Å². The second-order valence-corrected chi connectivity index (χ2v) is 6.14. The van der Waals surface area contributed by atoms with Crippen molar-refractivity contribution < 1.29 is 38.4 Å². The fraction of sp³-hybridized carbons (Fsp3) is 0.385. The van der Waals surface area contributed by atoms with Gasteiger partial charge in [0.2, 0.25) is 0 Å². The van der Waals surface area contributed by atoms with Crippen LogP contribution in [-0.4, -0.2) is 20.9 Å². The summed E-state index contributed by atoms with van der Waals surface area (Å²) in [5.41, 5.74) is 0.584. The van der Waals surface area contributed by atoms with Crippen LogP contribution in [0.25, 0.3) is 5.69 Å². The fourth-order valence-electron chi connectivity index (χ4n) is 1.90. The Kier molecular flexibility index (Phi) is 6.30. The number of Topliss-reactive ketones (excluding diaryl/α,β-unsaturated/α-hetero) is 1. The SMILES string of the molecule is CC(=O)CC(C)(C)[n+]1cn(-c2ccccc2)nn1.[O-][Cl+3]([O-])([O-])[O-]. The van der Waals surface area contributed by atoms with E-state index in [4.69, 9.17) is 18.6 Å². The molecule has 1 heterocycles. The van der Waals surface area contributed by atoms with Crippen LogP contribution in [0.3, 0.4) is 0 Å². The smallest absolute Gasteiger partial charge is 0.251 e. The lowest BCUT2D eigenvalue weighted by Gasteiger charge is -2.17. The van der Waals surface area contributed by atoms with Crippen LogP contribution in [0, 0.1) is 10.2 Å². The number of hydrogen-bond donors (Lipinski definition) is 0. The van der Waals surface area contributed by atoms with Crippen molar-refractivity contribution in [2.24, 2.45) is 0 Å². The molecular formula is C13H17ClN4O5. The molecule has 10 heteroatoms. The van der Waals surface area contributed by atoms with E-state index < -0.39 is 10.2 Å². The summed E-state index contributed by atoms with van der Waals surface area (Å²) >= 11 is 0. The van der Waals surface area contributed by atoms with Gasteiger partial charge in [-0.05, 0) is 32.9 Å². The summed E-state index contributed by atoms with van der Waals surface area (Å²) in [5.74, 6) is 0.141. The first kappa shape index (κ1) is 19.1. The maximum Gasteiger partial charge on any atom is 0.251 e. The number of rotatable bonds is 4. The lowest BCUT2D eigenvalue weighted by molar-refractivity contribution is -2.00. The van der Waals surface area contributed by atoms with E-state index in [1.807, 2.05) is 44.2 Å². The highest BCUT2D eigenvalue weighted by Crippen LogP contribution is 2.11. The Labute approximate surface area is 135 Å². The van der Waals surface area contributed by atoms with Gasteiger partial charge in [-0.25, -0.2) is 18.6 Å². The van der Waals surface area contributed by atoms with Gasteiger partial charge in [-0.2, -0.15) is 0 Å². The average molecular weight is 345 g/mol. The van der Waals surface area contributed by atoms with Crippen molar-refractivity contribution in [2.75, 3.05) is 0 Å². The highest BCUT2D eigenvalue weighted by molar-refractivity contribution is 5.76. The van der Waals surface area contributed by atoms with E-state index in [0.29, 0.717) is 6.42 Å². The van der Waals surface area contributed by atoms with Crippen LogP contribution in [0.4, 0.5) is 0 Å². The highest BCUT2D eigenvalue weighted by atomic mass is 35.7. The number of nitrogens with zero attached hydrogens (tertiary/aromatic N) is 4. The second kappa shape index (κ2) is 7.57. The molecule has 0 aliphatic carbocycles. The lowest BCUT2D eigenvalue weighted by Crippen LogP contribution is -2.68. The largest absolute Gasteiger partial charge is 0.300 e. The third kappa shape index (κ3) is 7.26. The second-order valence-electron chi connectivity index (χ2n) is 5.39. The Morgan fingerprint density at radius 1 is 1.22 bits per heavy atom. The molecule has 9 nitrogen and oxygen atoms in total. The Bertz CT molecular complexity index is 633. The first-order chi connectivity index (χ1) is 10.5. The zero-order valence-corrected chi connectivity index (χ0v) is 13.6. The molecule has 0 atom stereocenters. The van der Waals surface area contributed by atoms with Crippen LogP contribution < -0.4 is 23.3 Å². The maximum atomic E-state index is 11.2. The predicted molar refractivity (Wildman–Crippen MR) is 66.2 cm³/mol. The van der Waals surface area contributed by atoms with Gasteiger partial charge in [-0.3, -0.25) is 4.79 Å². The van der Waals surface area contributed by atoms with Gasteiger partial charge in [0.05, 0.1) is 0 Å². The van der Waals surface area contributed by atoms with Gasteiger partial charge >= 0.3 is 0 Å². The number of carbonyl (C=O) groups excluding carboxylic acids is 1. The molecule has 0 unspecified atom stereocenters. The molecule has 126 valence electrons. The van der Waals surface area contributed by atoms with E-state index in [1.165, 1.54) is 0 Å². The van der Waals surface area contributed by atoms with E-state index in [9.17, 15) is 4.79 Å². The van der Waals surface area contributed by atoms with Crippen molar-refractivity contribution in [3.63, 3.8) is 0 Å². The molecule has 23 heavy (non-hydrogen) atoms. The number of para-hydroxylation sites is 1. The van der Waals surface area contributed by atoms with Gasteiger partial charge in [0.1, 0.15) is 22.2 Å². The minimum absolute atomic E-state index is 0.141. The van der Waals surface area contributed by atoms with Crippen LogP contribution in [-0.2, 0) is 10.3 Å². The summed E-state index contributed by atoms with van der Waals surface area (Å²) in [6, 6.07) is 9.76. The topological polar surface area (TPSA) is 144 Å². The fourth-order valence-corrected chi connectivity index (χ4v) is 1.90. The third-order valence-corrected chi connectivity index (χ3v) is 2.77. The Morgan fingerprint density at radius 3 is 2.22 bits per heavy atom. The first-order valence-electron chi connectivity index (χ1n) is 6.50. The van der Waals surface area contributed by atoms with Gasteiger partial charge in [0.15, 0.2) is 5.21 Å². The molecule has 1 aromatic carbocycles. The molecule has 0 fully saturated rings. The van der Waals surface area contributed by atoms with Gasteiger partial charge in [-0.15, -0.1) is 14.9 Å². The lowest BCUT2D eigenvalue weighted by atomic mass is 9.99. The van der Waals surface area contributed by atoms with Crippen molar-refractivity contribution in [1.82, 2.24) is 15.1 Å². The molecule has 1 aromatic heterocycles. The number of tetrazole rings is 1. The average Bonchev–Trinajstić information content (AvgIpc) is 2.86. The van der Waals surface area contributed by atoms with E-state index in [1.54, 1.807) is 22.6 Å². The zero-order valence-electron chi connectivity index (χ0n) is 12.9. The van der Waals surface area contributed by atoms with Gasteiger partial charge in [0, 0.05) is 6.42 Å². The quantitative estimate of drug-likeness (QED) is 0.523. The summed E-state index contributed by atoms with van der Waals surface area (Å²) in [5, 5.41) is 8.17. The minimum Gasteiger partial charge on any atom is -0.300 e. The molecule has 0 amide bonds. The Balaban J connectivity index is 0.000000463. The summed E-state index contributed by atoms with van der Waals surface area (Å²) in [4.78, 5) is 11.2. The van der Waals surface area contributed by atoms with E-state index in [0.717, 1.165) is 5.69 Å². The van der Waals surface area contributed by atoms with Crippen molar-refractivity contribution in [1.29, 1.82) is 0 Å². The first-order valence-corrected chi connectivity index (χ1v) is 7.74. The van der Waals surface area contributed by atoms with E-state index in [-0.39, 0.29) is 11.3 Å². The molecule has 0 aliphatic heterocycles. The molecule has 2 aromatic rings. The number of benzene rings is 1. The normalized spacial score (nSPS) is 11.6. The predicted octanol–water partition coefficient (Wildman–Crippen LogP) is -3.49. The van der Waals surface area contributed by atoms with Crippen LogP contribution in [0.15, 0.2) is 36.7 Å². The minimum atomic E-state index is -4.94. The standard InChI is InChI=1S/C13H17N4O.ClHO4/c1-11(18)9-13(2,3)17-10-16(14-15-17)12-7-5-4-6-8-12;2-1(3,4)5/h4-8,10H,9H2,1-3H3;(H,2,3,4,5)/q+1;/p-1. The summed E-state index contributed by atoms with van der Waals surface area (Å²) < 4.78 is 37.4. The van der Waals surface area contributed by atoms with Gasteiger partial charge in [0.25, 0.3) is 6.33 Å². The molecule has 0 N–H and O–H groups in total. The van der Waals surface area contributed by atoms with Crippen molar-refractivity contribution >= 4 is 5.78 Å². The summed E-state index contributed by atoms with van der Waals surface area (Å²) in [6.07, 6.45) is 2.24. The summed E-state index contributed by atoms with van der Waals surface area (Å²) in [6.45, 7) is 5.53. The number of ketones is 1. The van der Waals surface area contributed by atoms with Crippen molar-refractivity contribution in [2.45, 2.75) is 32.7 Å². The zero-order chi connectivity index (χ0) is 17.7. The molecule has 2 rings (SSSR count). The summed E-state index contributed by atoms with van der Waals surface area (Å²) in [7, 11) is -4.94. The molecule has 0 saturated heterocycles. The number of carbonyl (C=O) groups is 1. The van der Waals surface area contributed by atoms with Gasteiger partial charge < -0.3 is 0 Å². The maximum absolute atomic E-state index is 11.2. The number of aromatic nitrogens is 4. The Morgan fingerprint density at radius 2 is 1.74 bits per heavy atom. The van der Waals surface area contributed by atoms with E-state index >= 15 is 0 Å². The molecular weight excluding hydrogens is 328 g/mol. The molecule has 0 saturated carbocycles. The third-order valence-electron chi connectivity index (χ3n) is 2.77. The van der Waals surface area contributed by atoms with E-state index in [2.05, 4.69) is 10.4 Å². The Hall–Kier alpha value is -1.91. The van der Waals surface area contributed by atoms with Crippen molar-refractivity contribution in [3.8, 4) is 5.69 Å². The van der Waals surface area contributed by atoms with Crippen LogP contribution in [0.2, 0.25) is 0 Å². The van der Waals surface area contributed by atoms with Gasteiger partial charge in [-0.1, -0.05) is 22.9 Å². The van der Waals surface area contributed by atoms with Crippen LogP contribution >= 0.6 is 0 Å². The monoisotopic (exact) mass is 344 g/mol. The number of halogens is 1. The highest BCUT2D eigenvalue weighted by Gasteiger charge is 2.29. The molecule has 0 aliphatic rings. The molecule has 0 radical (unpaired) electrons. The molecule has 0 bridgehead atoms. The van der Waals surface area contributed by atoms with Crippen LogP contribution in [0.5, 0.6) is 0 Å².